The molecular formula is C14H19N3O3S. The standard InChI is InChI=1S/C14H19N3O3S/c1-9-6-12(9)13-5-4-11(20-13)8-17(3)21(18,19)14-7-15-16-10(14)2/h4-5,7,9,12H,6,8H2,1-3H3,(H,15,16). The van der Waals surface area contributed by atoms with Gasteiger partial charge in [-0.15, -0.1) is 0 Å². The Hall–Kier alpha value is -1.60. The van der Waals surface area contributed by atoms with Crippen LogP contribution in [0.2, 0.25) is 0 Å². The van der Waals surface area contributed by atoms with E-state index in [1.54, 1.807) is 14.0 Å². The number of hydrogen-bond acceptors (Lipinski definition) is 4. The molecule has 1 saturated carbocycles. The fourth-order valence-electron chi connectivity index (χ4n) is 2.47. The zero-order valence-electron chi connectivity index (χ0n) is 12.3. The van der Waals surface area contributed by atoms with Crippen LogP contribution in [0.3, 0.4) is 0 Å². The van der Waals surface area contributed by atoms with Crippen molar-refractivity contribution in [3.05, 3.63) is 35.5 Å². The number of rotatable bonds is 5. The van der Waals surface area contributed by atoms with Crippen molar-refractivity contribution in [3.8, 4) is 0 Å². The molecule has 1 aliphatic rings. The Morgan fingerprint density at radius 3 is 2.76 bits per heavy atom. The number of nitrogens with one attached hydrogen (secondary N) is 1. The Morgan fingerprint density at radius 1 is 1.48 bits per heavy atom. The molecule has 0 spiro atoms. The minimum Gasteiger partial charge on any atom is -0.464 e. The van der Waals surface area contributed by atoms with Crippen LogP contribution < -0.4 is 0 Å². The second kappa shape index (κ2) is 4.99. The normalized spacial score (nSPS) is 21.9. The number of hydrogen-bond donors (Lipinski definition) is 1. The van der Waals surface area contributed by atoms with Gasteiger partial charge in [-0.2, -0.15) is 9.40 Å². The third-order valence-electron chi connectivity index (χ3n) is 4.01. The Kier molecular flexibility index (Phi) is 3.41. The van der Waals surface area contributed by atoms with Crippen LogP contribution in [-0.2, 0) is 16.6 Å². The van der Waals surface area contributed by atoms with Crippen LogP contribution in [0, 0.1) is 12.8 Å². The maximum absolute atomic E-state index is 12.4. The van der Waals surface area contributed by atoms with Gasteiger partial charge < -0.3 is 4.42 Å². The molecule has 1 fully saturated rings. The van der Waals surface area contributed by atoms with E-state index in [9.17, 15) is 8.42 Å². The topological polar surface area (TPSA) is 79.2 Å². The molecule has 1 N–H and O–H groups in total. The number of aryl methyl sites for hydroxylation is 1. The molecule has 0 aliphatic heterocycles. The molecule has 0 radical (unpaired) electrons. The summed E-state index contributed by atoms with van der Waals surface area (Å²) in [5.74, 6) is 2.79. The lowest BCUT2D eigenvalue weighted by Gasteiger charge is -2.15. The van der Waals surface area contributed by atoms with Gasteiger partial charge in [-0.05, 0) is 31.4 Å². The zero-order valence-corrected chi connectivity index (χ0v) is 13.1. The average Bonchev–Trinajstić information content (AvgIpc) is 2.83. The number of nitrogens with zero attached hydrogens (tertiary/aromatic N) is 2. The third-order valence-corrected chi connectivity index (χ3v) is 5.92. The van der Waals surface area contributed by atoms with Crippen LogP contribution in [0.25, 0.3) is 0 Å². The second-order valence-electron chi connectivity index (χ2n) is 5.74. The minimum absolute atomic E-state index is 0.201. The van der Waals surface area contributed by atoms with E-state index < -0.39 is 10.0 Å². The van der Waals surface area contributed by atoms with Gasteiger partial charge in [0.05, 0.1) is 18.4 Å². The van der Waals surface area contributed by atoms with Crippen LogP contribution in [0.4, 0.5) is 0 Å². The fraction of sp³-hybridized carbons (Fsp3) is 0.500. The Balaban J connectivity index is 1.75. The quantitative estimate of drug-likeness (QED) is 0.918. The molecule has 2 aromatic rings. The van der Waals surface area contributed by atoms with Crippen molar-refractivity contribution in [3.63, 3.8) is 0 Å². The van der Waals surface area contributed by atoms with E-state index in [1.807, 2.05) is 12.1 Å². The minimum atomic E-state index is -3.55. The first-order valence-corrected chi connectivity index (χ1v) is 8.38. The molecule has 0 amide bonds. The Morgan fingerprint density at radius 2 is 2.19 bits per heavy atom. The highest BCUT2D eigenvalue weighted by Gasteiger charge is 2.36. The molecule has 2 aromatic heterocycles. The first-order chi connectivity index (χ1) is 9.89. The maximum atomic E-state index is 12.4. The largest absolute Gasteiger partial charge is 0.464 e. The lowest BCUT2D eigenvalue weighted by atomic mass is 10.3. The van der Waals surface area contributed by atoms with Crippen molar-refractivity contribution in [2.45, 2.75) is 37.6 Å². The van der Waals surface area contributed by atoms with Gasteiger partial charge in [0.1, 0.15) is 16.4 Å². The van der Waals surface area contributed by atoms with Crippen LogP contribution >= 0.6 is 0 Å². The molecule has 6 nitrogen and oxygen atoms in total. The first-order valence-electron chi connectivity index (χ1n) is 6.94. The van der Waals surface area contributed by atoms with Gasteiger partial charge >= 0.3 is 0 Å². The molecule has 2 unspecified atom stereocenters. The van der Waals surface area contributed by atoms with E-state index in [2.05, 4.69) is 17.1 Å². The van der Waals surface area contributed by atoms with Crippen LogP contribution in [0.1, 0.15) is 36.5 Å². The molecule has 7 heteroatoms. The summed E-state index contributed by atoms with van der Waals surface area (Å²) in [6.07, 6.45) is 2.48. The molecule has 21 heavy (non-hydrogen) atoms. The Bertz CT molecular complexity index is 747. The molecule has 0 aromatic carbocycles. The molecule has 0 bridgehead atoms. The van der Waals surface area contributed by atoms with Gasteiger partial charge in [-0.1, -0.05) is 6.92 Å². The number of aromatic amines is 1. The average molecular weight is 309 g/mol. The van der Waals surface area contributed by atoms with Gasteiger partial charge in [-0.3, -0.25) is 5.10 Å². The van der Waals surface area contributed by atoms with E-state index in [4.69, 9.17) is 4.42 Å². The molecular weight excluding hydrogens is 290 g/mol. The lowest BCUT2D eigenvalue weighted by molar-refractivity contribution is 0.389. The SMILES string of the molecule is Cc1[nH]ncc1S(=O)(=O)N(C)Cc1ccc(C2CC2C)o1. The molecule has 3 rings (SSSR count). The van der Waals surface area contributed by atoms with E-state index >= 15 is 0 Å². The van der Waals surface area contributed by atoms with E-state index in [1.165, 1.54) is 10.5 Å². The predicted molar refractivity (Wildman–Crippen MR) is 77.2 cm³/mol. The van der Waals surface area contributed by atoms with Gasteiger partial charge in [0.25, 0.3) is 0 Å². The van der Waals surface area contributed by atoms with E-state index in [0.717, 1.165) is 12.2 Å². The molecule has 0 saturated heterocycles. The Labute approximate surface area is 124 Å². The summed E-state index contributed by atoms with van der Waals surface area (Å²) in [4.78, 5) is 0.201. The highest BCUT2D eigenvalue weighted by Crippen LogP contribution is 2.47. The van der Waals surface area contributed by atoms with E-state index in [-0.39, 0.29) is 11.4 Å². The smallest absolute Gasteiger partial charge is 0.246 e. The summed E-state index contributed by atoms with van der Waals surface area (Å²) >= 11 is 0. The van der Waals surface area contributed by atoms with Crippen molar-refractivity contribution in [1.82, 2.24) is 14.5 Å². The monoisotopic (exact) mass is 309 g/mol. The summed E-state index contributed by atoms with van der Waals surface area (Å²) in [5, 5.41) is 6.41. The van der Waals surface area contributed by atoms with Gasteiger partial charge in [0.15, 0.2) is 0 Å². The summed E-state index contributed by atoms with van der Waals surface area (Å²) < 4.78 is 31.9. The zero-order chi connectivity index (χ0) is 15.2. The number of aromatic nitrogens is 2. The van der Waals surface area contributed by atoms with Crippen LogP contribution in [0.15, 0.2) is 27.6 Å². The molecule has 2 atom stereocenters. The fourth-order valence-corrected chi connectivity index (χ4v) is 3.72. The highest BCUT2D eigenvalue weighted by atomic mass is 32.2. The summed E-state index contributed by atoms with van der Waals surface area (Å²) in [6.45, 7) is 4.09. The second-order valence-corrected chi connectivity index (χ2v) is 7.76. The predicted octanol–water partition coefficient (Wildman–Crippen LogP) is 2.26. The van der Waals surface area contributed by atoms with Crippen molar-refractivity contribution in [2.24, 2.45) is 5.92 Å². The third kappa shape index (κ3) is 2.63. The first kappa shape index (κ1) is 14.3. The summed E-state index contributed by atoms with van der Waals surface area (Å²) in [7, 11) is -2.01. The maximum Gasteiger partial charge on any atom is 0.246 e. The number of sulfonamides is 1. The van der Waals surface area contributed by atoms with Crippen molar-refractivity contribution in [2.75, 3.05) is 7.05 Å². The summed E-state index contributed by atoms with van der Waals surface area (Å²) in [5.41, 5.74) is 0.536. The van der Waals surface area contributed by atoms with Crippen LogP contribution in [-0.4, -0.2) is 30.0 Å². The number of furan rings is 1. The molecule has 2 heterocycles. The van der Waals surface area contributed by atoms with Crippen LogP contribution in [0.5, 0.6) is 0 Å². The highest BCUT2D eigenvalue weighted by molar-refractivity contribution is 7.89. The molecule has 114 valence electrons. The van der Waals surface area contributed by atoms with Gasteiger partial charge in [0, 0.05) is 13.0 Å². The molecule has 1 aliphatic carbocycles. The van der Waals surface area contributed by atoms with Gasteiger partial charge in [0.2, 0.25) is 10.0 Å². The van der Waals surface area contributed by atoms with Crippen molar-refractivity contribution < 1.29 is 12.8 Å². The van der Waals surface area contributed by atoms with Gasteiger partial charge in [-0.25, -0.2) is 8.42 Å². The van der Waals surface area contributed by atoms with Crippen molar-refractivity contribution >= 4 is 10.0 Å². The summed E-state index contributed by atoms with van der Waals surface area (Å²) in [6, 6.07) is 3.81. The number of H-pyrrole nitrogens is 1. The van der Waals surface area contributed by atoms with Crippen molar-refractivity contribution in [1.29, 1.82) is 0 Å². The van der Waals surface area contributed by atoms with E-state index in [0.29, 0.717) is 23.3 Å². The lowest BCUT2D eigenvalue weighted by Crippen LogP contribution is -2.26.